The van der Waals surface area contributed by atoms with Crippen LogP contribution in [0.2, 0.25) is 0 Å². The second kappa shape index (κ2) is 6.27. The third kappa shape index (κ3) is 4.12. The van der Waals surface area contributed by atoms with Crippen molar-refractivity contribution in [3.63, 3.8) is 0 Å². The molecule has 2 nitrogen and oxygen atoms in total. The fourth-order valence-electron chi connectivity index (χ4n) is 1.59. The highest BCUT2D eigenvalue weighted by atomic mass is 35.5. The van der Waals surface area contributed by atoms with Crippen LogP contribution in [0.1, 0.15) is 17.2 Å². The number of benzene rings is 1. The zero-order valence-electron chi connectivity index (χ0n) is 9.55. The first-order valence-corrected chi connectivity index (χ1v) is 6.04. The third-order valence-corrected chi connectivity index (χ3v) is 3.08. The second-order valence-corrected chi connectivity index (χ2v) is 4.40. The lowest BCUT2D eigenvalue weighted by atomic mass is 10.0. The number of alkyl halides is 3. The first-order chi connectivity index (χ1) is 8.47. The highest BCUT2D eigenvalue weighted by Crippen LogP contribution is 2.32. The predicted molar refractivity (Wildman–Crippen MR) is 70.7 cm³/mol. The fourth-order valence-corrected chi connectivity index (χ4v) is 2.28. The average molecular weight is 310 g/mol. The first-order valence-electron chi connectivity index (χ1n) is 5.10. The molecule has 0 spiro atoms. The van der Waals surface area contributed by atoms with E-state index in [4.69, 9.17) is 5.73 Å². The van der Waals surface area contributed by atoms with E-state index in [1.165, 1.54) is 29.5 Å². The van der Waals surface area contributed by atoms with Crippen LogP contribution >= 0.6 is 23.7 Å². The van der Waals surface area contributed by atoms with E-state index >= 15 is 0 Å². The number of para-hydroxylation sites is 1. The summed E-state index contributed by atoms with van der Waals surface area (Å²) in [6.45, 7) is 0. The Morgan fingerprint density at radius 2 is 1.84 bits per heavy atom. The van der Waals surface area contributed by atoms with E-state index in [1.807, 2.05) is 5.38 Å². The van der Waals surface area contributed by atoms with Gasteiger partial charge in [0.1, 0.15) is 5.75 Å². The highest BCUT2D eigenvalue weighted by Gasteiger charge is 2.32. The van der Waals surface area contributed by atoms with Gasteiger partial charge in [-0.1, -0.05) is 18.2 Å². The summed E-state index contributed by atoms with van der Waals surface area (Å²) in [5.41, 5.74) is 7.02. The van der Waals surface area contributed by atoms with E-state index in [0.717, 1.165) is 5.56 Å². The van der Waals surface area contributed by atoms with Crippen LogP contribution in [0, 0.1) is 0 Å². The number of thiophene rings is 1. The van der Waals surface area contributed by atoms with Crippen LogP contribution in [0.4, 0.5) is 13.2 Å². The molecule has 0 aliphatic carbocycles. The Morgan fingerprint density at radius 3 is 2.42 bits per heavy atom. The van der Waals surface area contributed by atoms with Crippen LogP contribution in [-0.4, -0.2) is 6.36 Å². The van der Waals surface area contributed by atoms with Crippen molar-refractivity contribution in [2.45, 2.75) is 12.4 Å². The standard InChI is InChI=1S/C12H10F3NOS.ClH/c13-12(14,15)17-10-4-2-1-3-9(10)11(16)8-5-6-18-7-8;/h1-7,11H,16H2;1H/t11-;/m1./s1. The lowest BCUT2D eigenvalue weighted by molar-refractivity contribution is -0.274. The van der Waals surface area contributed by atoms with Crippen molar-refractivity contribution >= 4 is 23.7 Å². The van der Waals surface area contributed by atoms with Gasteiger partial charge in [0.2, 0.25) is 0 Å². The second-order valence-electron chi connectivity index (χ2n) is 3.62. The molecule has 0 saturated carbocycles. The Bertz CT molecular complexity index is 516. The summed E-state index contributed by atoms with van der Waals surface area (Å²) in [4.78, 5) is 0. The predicted octanol–water partition coefficient (Wildman–Crippen LogP) is 4.12. The topological polar surface area (TPSA) is 35.2 Å². The lowest BCUT2D eigenvalue weighted by Crippen LogP contribution is -2.20. The van der Waals surface area contributed by atoms with Gasteiger partial charge in [-0.25, -0.2) is 0 Å². The van der Waals surface area contributed by atoms with Crippen LogP contribution in [0.5, 0.6) is 5.75 Å². The van der Waals surface area contributed by atoms with Gasteiger partial charge in [-0.2, -0.15) is 11.3 Å². The van der Waals surface area contributed by atoms with Crippen LogP contribution < -0.4 is 10.5 Å². The maximum atomic E-state index is 12.3. The molecule has 19 heavy (non-hydrogen) atoms. The van der Waals surface area contributed by atoms with E-state index in [2.05, 4.69) is 4.74 Å². The zero-order valence-corrected chi connectivity index (χ0v) is 11.2. The summed E-state index contributed by atoms with van der Waals surface area (Å²) in [6, 6.07) is 7.04. The molecule has 0 aliphatic rings. The molecular weight excluding hydrogens is 299 g/mol. The number of halogens is 4. The van der Waals surface area contributed by atoms with Gasteiger partial charge in [0.05, 0.1) is 6.04 Å². The van der Waals surface area contributed by atoms with Crippen LogP contribution in [0.25, 0.3) is 0 Å². The number of hydrogen-bond donors (Lipinski definition) is 1. The molecule has 0 bridgehead atoms. The van der Waals surface area contributed by atoms with Gasteiger partial charge in [0.25, 0.3) is 0 Å². The maximum Gasteiger partial charge on any atom is 0.573 e. The monoisotopic (exact) mass is 309 g/mol. The van der Waals surface area contributed by atoms with Crippen molar-refractivity contribution in [3.8, 4) is 5.75 Å². The van der Waals surface area contributed by atoms with Gasteiger partial charge >= 0.3 is 6.36 Å². The zero-order chi connectivity index (χ0) is 13.2. The molecule has 1 atom stereocenters. The molecule has 0 fully saturated rings. The Labute approximate surface area is 118 Å². The molecule has 2 aromatic rings. The minimum atomic E-state index is -4.72. The Balaban J connectivity index is 0.00000180. The molecule has 0 unspecified atom stereocenters. The molecule has 0 aliphatic heterocycles. The van der Waals surface area contributed by atoms with Crippen LogP contribution in [0.15, 0.2) is 41.1 Å². The van der Waals surface area contributed by atoms with E-state index in [-0.39, 0.29) is 18.2 Å². The number of hydrogen-bond acceptors (Lipinski definition) is 3. The van der Waals surface area contributed by atoms with E-state index in [0.29, 0.717) is 5.56 Å². The molecule has 0 radical (unpaired) electrons. The summed E-state index contributed by atoms with van der Waals surface area (Å²) in [6.07, 6.45) is -4.72. The van der Waals surface area contributed by atoms with Crippen molar-refractivity contribution in [2.24, 2.45) is 5.73 Å². The van der Waals surface area contributed by atoms with Gasteiger partial charge in [0.15, 0.2) is 0 Å². The fraction of sp³-hybridized carbons (Fsp3) is 0.167. The first kappa shape index (κ1) is 15.8. The number of rotatable bonds is 3. The van der Waals surface area contributed by atoms with Gasteiger partial charge < -0.3 is 10.5 Å². The van der Waals surface area contributed by atoms with Crippen molar-refractivity contribution in [2.75, 3.05) is 0 Å². The minimum Gasteiger partial charge on any atom is -0.405 e. The average Bonchev–Trinajstić information content (AvgIpc) is 2.80. The summed E-state index contributed by atoms with van der Waals surface area (Å²) in [5.74, 6) is -0.260. The van der Waals surface area contributed by atoms with Gasteiger partial charge in [0, 0.05) is 5.56 Å². The SMILES string of the molecule is Cl.N[C@H](c1ccsc1)c1ccccc1OC(F)(F)F. The van der Waals surface area contributed by atoms with Gasteiger partial charge in [-0.3, -0.25) is 0 Å². The Hall–Kier alpha value is -1.24. The van der Waals surface area contributed by atoms with Gasteiger partial charge in [-0.15, -0.1) is 25.6 Å². The van der Waals surface area contributed by atoms with Crippen molar-refractivity contribution < 1.29 is 17.9 Å². The van der Waals surface area contributed by atoms with Crippen molar-refractivity contribution in [1.29, 1.82) is 0 Å². The van der Waals surface area contributed by atoms with E-state index in [1.54, 1.807) is 17.5 Å². The van der Waals surface area contributed by atoms with Crippen molar-refractivity contribution in [3.05, 3.63) is 52.2 Å². The molecule has 0 amide bonds. The smallest absolute Gasteiger partial charge is 0.405 e. The molecule has 1 aromatic heterocycles. The molecule has 7 heteroatoms. The van der Waals surface area contributed by atoms with Gasteiger partial charge in [-0.05, 0) is 28.5 Å². The third-order valence-electron chi connectivity index (χ3n) is 2.38. The van der Waals surface area contributed by atoms with E-state index in [9.17, 15) is 13.2 Å². The number of ether oxygens (including phenoxy) is 1. The maximum absolute atomic E-state index is 12.3. The molecule has 1 heterocycles. The summed E-state index contributed by atoms with van der Waals surface area (Å²) >= 11 is 1.44. The molecule has 2 N–H and O–H groups in total. The Kier molecular flexibility index (Phi) is 5.22. The quantitative estimate of drug-likeness (QED) is 0.925. The number of nitrogens with two attached hydrogens (primary N) is 1. The highest BCUT2D eigenvalue weighted by molar-refractivity contribution is 7.08. The molecule has 104 valence electrons. The Morgan fingerprint density at radius 1 is 1.16 bits per heavy atom. The molecule has 1 aromatic carbocycles. The minimum absolute atomic E-state index is 0. The lowest BCUT2D eigenvalue weighted by Gasteiger charge is -2.17. The summed E-state index contributed by atoms with van der Waals surface area (Å²) < 4.78 is 40.8. The molecule has 2 rings (SSSR count). The normalized spacial score (nSPS) is 12.6. The summed E-state index contributed by atoms with van der Waals surface area (Å²) in [7, 11) is 0. The largest absolute Gasteiger partial charge is 0.573 e. The van der Waals surface area contributed by atoms with Crippen LogP contribution in [-0.2, 0) is 0 Å². The molecule has 0 saturated heterocycles. The molecular formula is C12H11ClF3NOS. The summed E-state index contributed by atoms with van der Waals surface area (Å²) in [5, 5.41) is 3.62. The van der Waals surface area contributed by atoms with Crippen molar-refractivity contribution in [1.82, 2.24) is 0 Å². The van der Waals surface area contributed by atoms with E-state index < -0.39 is 12.4 Å². The van der Waals surface area contributed by atoms with Crippen LogP contribution in [0.3, 0.4) is 0 Å².